The van der Waals surface area contributed by atoms with Crippen LogP contribution in [0.4, 0.5) is 0 Å². The molecule has 0 aliphatic heterocycles. The van der Waals surface area contributed by atoms with E-state index in [1.165, 1.54) is 4.88 Å². The quantitative estimate of drug-likeness (QED) is 0.674. The van der Waals surface area contributed by atoms with E-state index in [1.807, 2.05) is 26.8 Å². The Morgan fingerprint density at radius 2 is 2.00 bits per heavy atom. The highest BCUT2D eigenvalue weighted by Crippen LogP contribution is 2.27. The molecule has 0 bridgehead atoms. The molecule has 0 radical (unpaired) electrons. The molecule has 2 aromatic rings. The van der Waals surface area contributed by atoms with E-state index in [9.17, 15) is 0 Å². The SMILES string of the molecule is CC.Cc1cc2ncc(C#N)c(C)c2s1. The van der Waals surface area contributed by atoms with Crippen molar-refractivity contribution in [2.75, 3.05) is 0 Å². The van der Waals surface area contributed by atoms with Gasteiger partial charge in [0.1, 0.15) is 6.07 Å². The summed E-state index contributed by atoms with van der Waals surface area (Å²) in [7, 11) is 0. The summed E-state index contributed by atoms with van der Waals surface area (Å²) in [6, 6.07) is 4.19. The monoisotopic (exact) mass is 218 g/mol. The van der Waals surface area contributed by atoms with Gasteiger partial charge in [-0.2, -0.15) is 5.26 Å². The lowest BCUT2D eigenvalue weighted by molar-refractivity contribution is 1.33. The van der Waals surface area contributed by atoms with Crippen LogP contribution in [0.3, 0.4) is 0 Å². The van der Waals surface area contributed by atoms with Gasteiger partial charge in [0.15, 0.2) is 0 Å². The molecule has 0 aliphatic rings. The molecule has 2 aromatic heterocycles. The highest BCUT2D eigenvalue weighted by atomic mass is 32.1. The fourth-order valence-corrected chi connectivity index (χ4v) is 2.30. The molecule has 0 fully saturated rings. The van der Waals surface area contributed by atoms with Gasteiger partial charge in [-0.3, -0.25) is 4.98 Å². The van der Waals surface area contributed by atoms with E-state index in [1.54, 1.807) is 17.5 Å². The lowest BCUT2D eigenvalue weighted by Gasteiger charge is -1.96. The summed E-state index contributed by atoms with van der Waals surface area (Å²) >= 11 is 1.69. The predicted molar refractivity (Wildman–Crippen MR) is 65.2 cm³/mol. The third-order valence-electron chi connectivity index (χ3n) is 2.03. The Morgan fingerprint density at radius 3 is 2.60 bits per heavy atom. The van der Waals surface area contributed by atoms with Gasteiger partial charge in [-0.05, 0) is 25.5 Å². The van der Waals surface area contributed by atoms with Crippen LogP contribution in [0.25, 0.3) is 10.2 Å². The third kappa shape index (κ3) is 2.16. The lowest BCUT2D eigenvalue weighted by Crippen LogP contribution is -1.84. The zero-order chi connectivity index (χ0) is 11.4. The fraction of sp³-hybridized carbons (Fsp3) is 0.333. The number of hydrogen-bond donors (Lipinski definition) is 0. The van der Waals surface area contributed by atoms with Gasteiger partial charge in [0, 0.05) is 11.1 Å². The summed E-state index contributed by atoms with van der Waals surface area (Å²) < 4.78 is 1.14. The molecule has 2 rings (SSSR count). The van der Waals surface area contributed by atoms with Gasteiger partial charge < -0.3 is 0 Å². The molecule has 0 saturated heterocycles. The van der Waals surface area contributed by atoms with Crippen LogP contribution >= 0.6 is 11.3 Å². The first-order valence-electron chi connectivity index (χ1n) is 4.98. The van der Waals surface area contributed by atoms with Crippen molar-refractivity contribution in [3.05, 3.63) is 28.3 Å². The van der Waals surface area contributed by atoms with E-state index in [4.69, 9.17) is 5.26 Å². The number of nitriles is 1. The molecule has 0 aromatic carbocycles. The molecular weight excluding hydrogens is 204 g/mol. The Bertz CT molecular complexity index is 506. The maximum Gasteiger partial charge on any atom is 0.101 e. The summed E-state index contributed by atoms with van der Waals surface area (Å²) in [5.74, 6) is 0. The average Bonchev–Trinajstić information content (AvgIpc) is 2.63. The van der Waals surface area contributed by atoms with Gasteiger partial charge >= 0.3 is 0 Å². The average molecular weight is 218 g/mol. The van der Waals surface area contributed by atoms with Crippen LogP contribution < -0.4 is 0 Å². The number of aromatic nitrogens is 1. The van der Waals surface area contributed by atoms with E-state index in [0.29, 0.717) is 5.56 Å². The van der Waals surface area contributed by atoms with E-state index in [-0.39, 0.29) is 0 Å². The van der Waals surface area contributed by atoms with Gasteiger partial charge in [-0.15, -0.1) is 11.3 Å². The van der Waals surface area contributed by atoms with Crippen LogP contribution in [0.5, 0.6) is 0 Å². The van der Waals surface area contributed by atoms with Crippen LogP contribution in [-0.4, -0.2) is 4.98 Å². The second-order valence-electron chi connectivity index (χ2n) is 2.98. The Hall–Kier alpha value is -1.40. The lowest BCUT2D eigenvalue weighted by atomic mass is 10.1. The zero-order valence-electron chi connectivity index (χ0n) is 9.46. The van der Waals surface area contributed by atoms with Crippen LogP contribution in [0.2, 0.25) is 0 Å². The van der Waals surface area contributed by atoms with E-state index < -0.39 is 0 Å². The number of nitrogens with zero attached hydrogens (tertiary/aromatic N) is 2. The summed E-state index contributed by atoms with van der Waals surface area (Å²) in [4.78, 5) is 5.46. The minimum Gasteiger partial charge on any atom is -0.254 e. The van der Waals surface area contributed by atoms with Crippen molar-refractivity contribution in [2.24, 2.45) is 0 Å². The van der Waals surface area contributed by atoms with E-state index in [2.05, 4.69) is 18.0 Å². The maximum absolute atomic E-state index is 8.80. The number of aryl methyl sites for hydroxylation is 2. The van der Waals surface area contributed by atoms with Gasteiger partial charge in [-0.1, -0.05) is 13.8 Å². The first-order chi connectivity index (χ1) is 7.22. The standard InChI is InChI=1S/C10H8N2S.C2H6/c1-6-3-9-10(13-6)7(2)8(4-11)5-12-9;1-2/h3,5H,1-2H3;1-2H3. The molecular formula is C12H14N2S. The van der Waals surface area contributed by atoms with Crippen LogP contribution in [0.15, 0.2) is 12.3 Å². The Balaban J connectivity index is 0.000000531. The Kier molecular flexibility index (Phi) is 3.81. The van der Waals surface area contributed by atoms with Gasteiger partial charge in [-0.25, -0.2) is 0 Å². The second kappa shape index (κ2) is 4.90. The number of hydrogen-bond acceptors (Lipinski definition) is 3. The van der Waals surface area contributed by atoms with Crippen molar-refractivity contribution < 1.29 is 0 Å². The molecule has 0 unspecified atom stereocenters. The third-order valence-corrected chi connectivity index (χ3v) is 3.19. The van der Waals surface area contributed by atoms with Crippen LogP contribution in [0.1, 0.15) is 29.9 Å². The highest BCUT2D eigenvalue weighted by Gasteiger charge is 2.06. The number of pyridine rings is 1. The molecule has 0 N–H and O–H groups in total. The summed E-state index contributed by atoms with van der Waals surface area (Å²) in [6.07, 6.45) is 1.64. The van der Waals surface area contributed by atoms with Gasteiger partial charge in [0.05, 0.1) is 15.8 Å². The summed E-state index contributed by atoms with van der Waals surface area (Å²) in [5, 5.41) is 8.80. The first kappa shape index (κ1) is 11.7. The number of rotatable bonds is 0. The molecule has 2 nitrogen and oxygen atoms in total. The van der Waals surface area contributed by atoms with E-state index >= 15 is 0 Å². The predicted octanol–water partition coefficient (Wildman–Crippen LogP) is 3.81. The van der Waals surface area contributed by atoms with Crippen molar-refractivity contribution in [3.63, 3.8) is 0 Å². The Morgan fingerprint density at radius 1 is 1.33 bits per heavy atom. The van der Waals surface area contributed by atoms with Crippen molar-refractivity contribution in [3.8, 4) is 6.07 Å². The summed E-state index contributed by atoms with van der Waals surface area (Å²) in [6.45, 7) is 8.02. The zero-order valence-corrected chi connectivity index (χ0v) is 10.3. The maximum atomic E-state index is 8.80. The van der Waals surface area contributed by atoms with Crippen molar-refractivity contribution in [2.45, 2.75) is 27.7 Å². The highest BCUT2D eigenvalue weighted by molar-refractivity contribution is 7.19. The molecule has 0 spiro atoms. The minimum absolute atomic E-state index is 0.675. The normalized spacial score (nSPS) is 9.27. The molecule has 2 heterocycles. The topological polar surface area (TPSA) is 36.7 Å². The molecule has 0 saturated carbocycles. The number of fused-ring (bicyclic) bond motifs is 1. The van der Waals surface area contributed by atoms with Crippen LogP contribution in [0, 0.1) is 25.2 Å². The second-order valence-corrected chi connectivity index (χ2v) is 4.24. The summed E-state index contributed by atoms with van der Waals surface area (Å²) in [5.41, 5.74) is 2.72. The Labute approximate surface area is 94.2 Å². The van der Waals surface area contributed by atoms with E-state index in [0.717, 1.165) is 15.8 Å². The molecule has 0 amide bonds. The van der Waals surface area contributed by atoms with Crippen LogP contribution in [-0.2, 0) is 0 Å². The fourth-order valence-electron chi connectivity index (χ4n) is 1.33. The molecule has 15 heavy (non-hydrogen) atoms. The largest absolute Gasteiger partial charge is 0.254 e. The van der Waals surface area contributed by atoms with Crippen molar-refractivity contribution in [1.82, 2.24) is 4.98 Å². The smallest absolute Gasteiger partial charge is 0.101 e. The van der Waals surface area contributed by atoms with Crippen molar-refractivity contribution in [1.29, 1.82) is 5.26 Å². The first-order valence-corrected chi connectivity index (χ1v) is 5.80. The van der Waals surface area contributed by atoms with Crippen molar-refractivity contribution >= 4 is 21.6 Å². The minimum atomic E-state index is 0.675. The molecule has 78 valence electrons. The number of thiophene rings is 1. The molecule has 3 heteroatoms. The molecule has 0 aliphatic carbocycles. The molecule has 0 atom stereocenters. The van der Waals surface area contributed by atoms with Gasteiger partial charge in [0.2, 0.25) is 0 Å². The van der Waals surface area contributed by atoms with Gasteiger partial charge in [0.25, 0.3) is 0 Å².